The van der Waals surface area contributed by atoms with Crippen molar-refractivity contribution in [3.63, 3.8) is 0 Å². The fourth-order valence-corrected chi connectivity index (χ4v) is 3.50. The van der Waals surface area contributed by atoms with Crippen LogP contribution in [-0.4, -0.2) is 23.0 Å². The lowest BCUT2D eigenvalue weighted by atomic mass is 10.3. The molecule has 1 aromatic heterocycles. The number of thioether (sulfide) groups is 1. The van der Waals surface area contributed by atoms with Crippen LogP contribution in [0.4, 0.5) is 0 Å². The van der Waals surface area contributed by atoms with Crippen LogP contribution in [0.1, 0.15) is 16.7 Å². The summed E-state index contributed by atoms with van der Waals surface area (Å²) in [5, 5.41) is 10.4. The summed E-state index contributed by atoms with van der Waals surface area (Å²) in [6.45, 7) is 0.224. The molecule has 0 saturated heterocycles. The zero-order chi connectivity index (χ0) is 10.7. The van der Waals surface area contributed by atoms with E-state index in [1.807, 2.05) is 18.2 Å². The normalized spacial score (nSPS) is 13.2. The fraction of sp³-hybridized carbons (Fsp3) is 0.364. The number of hydrogen-bond acceptors (Lipinski definition) is 4. The monoisotopic (exact) mass is 239 g/mol. The summed E-state index contributed by atoms with van der Waals surface area (Å²) in [5.41, 5.74) is 1.06. The largest absolute Gasteiger partial charge is 0.396 e. The number of fused-ring (bicyclic) bond motifs is 1. The second-order valence-corrected chi connectivity index (χ2v) is 5.36. The van der Waals surface area contributed by atoms with Crippen LogP contribution in [0.15, 0.2) is 24.3 Å². The van der Waals surface area contributed by atoms with E-state index in [1.54, 1.807) is 23.1 Å². The van der Waals surface area contributed by atoms with Crippen molar-refractivity contribution >= 4 is 33.3 Å². The van der Waals surface area contributed by atoms with Gasteiger partial charge in [0.1, 0.15) is 5.01 Å². The third-order valence-electron chi connectivity index (χ3n) is 2.26. The predicted octanol–water partition coefficient (Wildman–Crippen LogP) is 3.08. The summed E-state index contributed by atoms with van der Waals surface area (Å²) >= 11 is 3.48. The van der Waals surface area contributed by atoms with Crippen molar-refractivity contribution in [2.45, 2.75) is 11.7 Å². The van der Waals surface area contributed by atoms with Gasteiger partial charge in [0.25, 0.3) is 0 Å². The highest BCUT2D eigenvalue weighted by molar-refractivity contribution is 7.98. The molecule has 2 nitrogen and oxygen atoms in total. The quantitative estimate of drug-likeness (QED) is 0.890. The number of aromatic nitrogens is 1. The third kappa shape index (κ3) is 2.33. The topological polar surface area (TPSA) is 33.1 Å². The third-order valence-corrected chi connectivity index (χ3v) is 4.59. The Morgan fingerprint density at radius 3 is 2.93 bits per heavy atom. The highest BCUT2D eigenvalue weighted by Crippen LogP contribution is 2.35. The zero-order valence-electron chi connectivity index (χ0n) is 8.51. The Morgan fingerprint density at radius 1 is 1.47 bits per heavy atom. The molecule has 0 bridgehead atoms. The van der Waals surface area contributed by atoms with E-state index >= 15 is 0 Å². The smallest absolute Gasteiger partial charge is 0.107 e. The summed E-state index contributed by atoms with van der Waals surface area (Å²) in [7, 11) is 0. The average molecular weight is 239 g/mol. The van der Waals surface area contributed by atoms with Gasteiger partial charge in [0.2, 0.25) is 0 Å². The number of rotatable bonds is 4. The van der Waals surface area contributed by atoms with Crippen molar-refractivity contribution in [1.29, 1.82) is 0 Å². The Morgan fingerprint density at radius 2 is 2.27 bits per heavy atom. The molecule has 15 heavy (non-hydrogen) atoms. The summed E-state index contributed by atoms with van der Waals surface area (Å²) in [5.74, 6) is 0. The minimum absolute atomic E-state index is 0.224. The molecule has 0 radical (unpaired) electrons. The molecular formula is C11H13NOS2. The van der Waals surface area contributed by atoms with Crippen molar-refractivity contribution in [1.82, 2.24) is 4.98 Å². The SMILES string of the molecule is CS[C@H](CCO)c1nc2ccccc2s1. The first-order valence-corrected chi connectivity index (χ1v) is 6.94. The van der Waals surface area contributed by atoms with Crippen molar-refractivity contribution in [3.05, 3.63) is 29.3 Å². The van der Waals surface area contributed by atoms with Crippen molar-refractivity contribution < 1.29 is 5.11 Å². The molecule has 0 amide bonds. The molecule has 2 rings (SSSR count). The molecule has 0 spiro atoms. The van der Waals surface area contributed by atoms with Gasteiger partial charge < -0.3 is 5.11 Å². The number of aliphatic hydroxyl groups excluding tert-OH is 1. The Kier molecular flexibility index (Phi) is 3.61. The van der Waals surface area contributed by atoms with Crippen molar-refractivity contribution in [3.8, 4) is 0 Å². The second kappa shape index (κ2) is 4.96. The van der Waals surface area contributed by atoms with Gasteiger partial charge in [-0.05, 0) is 24.8 Å². The van der Waals surface area contributed by atoms with Crippen LogP contribution in [0.5, 0.6) is 0 Å². The van der Waals surface area contributed by atoms with Crippen LogP contribution < -0.4 is 0 Å². The van der Waals surface area contributed by atoms with E-state index in [-0.39, 0.29) is 6.61 Å². The van der Waals surface area contributed by atoms with Gasteiger partial charge in [-0.2, -0.15) is 11.8 Å². The number of benzene rings is 1. The van der Waals surface area contributed by atoms with E-state index in [1.165, 1.54) is 4.70 Å². The number of aliphatic hydroxyl groups is 1. The van der Waals surface area contributed by atoms with Gasteiger partial charge in [0.15, 0.2) is 0 Å². The molecule has 4 heteroatoms. The molecule has 1 heterocycles. The molecule has 1 atom stereocenters. The lowest BCUT2D eigenvalue weighted by Gasteiger charge is -2.08. The zero-order valence-corrected chi connectivity index (χ0v) is 10.1. The molecule has 0 saturated carbocycles. The Bertz CT molecular complexity index is 408. The maximum Gasteiger partial charge on any atom is 0.107 e. The molecule has 2 aromatic rings. The Balaban J connectivity index is 2.34. The highest BCUT2D eigenvalue weighted by atomic mass is 32.2. The van der Waals surface area contributed by atoms with Gasteiger partial charge in [-0.3, -0.25) is 0 Å². The minimum atomic E-state index is 0.224. The molecule has 0 unspecified atom stereocenters. The predicted molar refractivity (Wildman–Crippen MR) is 67.6 cm³/mol. The van der Waals surface area contributed by atoms with Gasteiger partial charge in [-0.15, -0.1) is 11.3 Å². The first kappa shape index (κ1) is 10.9. The summed E-state index contributed by atoms with van der Waals surface area (Å²) in [6.07, 6.45) is 2.84. The van der Waals surface area contributed by atoms with Gasteiger partial charge in [-0.1, -0.05) is 12.1 Å². The first-order valence-electron chi connectivity index (χ1n) is 4.84. The molecule has 1 aromatic carbocycles. The fourth-order valence-electron chi connectivity index (χ4n) is 1.49. The number of nitrogens with zero attached hydrogens (tertiary/aromatic N) is 1. The Hall–Kier alpha value is -0.580. The molecule has 0 aliphatic rings. The lowest BCUT2D eigenvalue weighted by molar-refractivity contribution is 0.287. The summed E-state index contributed by atoms with van der Waals surface area (Å²) in [6, 6.07) is 8.16. The van der Waals surface area contributed by atoms with E-state index in [9.17, 15) is 0 Å². The first-order chi connectivity index (χ1) is 7.35. The van der Waals surface area contributed by atoms with Crippen LogP contribution in [0.2, 0.25) is 0 Å². The van der Waals surface area contributed by atoms with Crippen LogP contribution in [0.25, 0.3) is 10.2 Å². The van der Waals surface area contributed by atoms with Crippen molar-refractivity contribution in [2.75, 3.05) is 12.9 Å². The standard InChI is InChI=1S/C11H13NOS2/c1-14-10(6-7-13)11-12-8-4-2-3-5-9(8)15-11/h2-5,10,13H,6-7H2,1H3/t10-/m1/s1. The van der Waals surface area contributed by atoms with Gasteiger partial charge in [0.05, 0.1) is 15.5 Å². The molecule has 1 N–H and O–H groups in total. The molecule has 0 aliphatic carbocycles. The van der Waals surface area contributed by atoms with Crippen molar-refractivity contribution in [2.24, 2.45) is 0 Å². The maximum absolute atomic E-state index is 8.97. The molecule has 80 valence electrons. The van der Waals surface area contributed by atoms with E-state index in [2.05, 4.69) is 17.3 Å². The van der Waals surface area contributed by atoms with Gasteiger partial charge in [0, 0.05) is 6.61 Å². The van der Waals surface area contributed by atoms with E-state index in [4.69, 9.17) is 5.11 Å². The van der Waals surface area contributed by atoms with Crippen LogP contribution in [0.3, 0.4) is 0 Å². The van der Waals surface area contributed by atoms with Crippen LogP contribution >= 0.6 is 23.1 Å². The number of thiazole rings is 1. The number of para-hydroxylation sites is 1. The molecular weight excluding hydrogens is 226 g/mol. The second-order valence-electron chi connectivity index (χ2n) is 3.26. The van der Waals surface area contributed by atoms with Crippen LogP contribution in [0, 0.1) is 0 Å². The van der Waals surface area contributed by atoms with Gasteiger partial charge >= 0.3 is 0 Å². The average Bonchev–Trinajstić information content (AvgIpc) is 2.69. The number of hydrogen-bond donors (Lipinski definition) is 1. The van der Waals surface area contributed by atoms with Gasteiger partial charge in [-0.25, -0.2) is 4.98 Å². The Labute approximate surface area is 97.4 Å². The highest BCUT2D eigenvalue weighted by Gasteiger charge is 2.14. The van der Waals surface area contributed by atoms with E-state index in [0.29, 0.717) is 5.25 Å². The lowest BCUT2D eigenvalue weighted by Crippen LogP contribution is -1.95. The van der Waals surface area contributed by atoms with E-state index in [0.717, 1.165) is 16.9 Å². The minimum Gasteiger partial charge on any atom is -0.396 e. The maximum atomic E-state index is 8.97. The summed E-state index contributed by atoms with van der Waals surface area (Å²) in [4.78, 5) is 4.59. The molecule has 0 fully saturated rings. The van der Waals surface area contributed by atoms with Crippen LogP contribution in [-0.2, 0) is 0 Å². The van der Waals surface area contributed by atoms with E-state index < -0.39 is 0 Å². The summed E-state index contributed by atoms with van der Waals surface area (Å²) < 4.78 is 1.23. The molecule has 0 aliphatic heterocycles.